The predicted molar refractivity (Wildman–Crippen MR) is 78.9 cm³/mol. The number of rotatable bonds is 5. The highest BCUT2D eigenvalue weighted by Crippen LogP contribution is 2.43. The second kappa shape index (κ2) is 5.92. The van der Waals surface area contributed by atoms with Crippen molar-refractivity contribution in [1.82, 2.24) is 10.2 Å². The Bertz CT molecular complexity index is 256. The van der Waals surface area contributed by atoms with Gasteiger partial charge in [0.25, 0.3) is 0 Å². The summed E-state index contributed by atoms with van der Waals surface area (Å²) in [6, 6.07) is 1.58. The van der Waals surface area contributed by atoms with E-state index in [-0.39, 0.29) is 0 Å². The molecule has 0 aromatic rings. The first-order valence-electron chi connectivity index (χ1n) is 7.99. The summed E-state index contributed by atoms with van der Waals surface area (Å²) in [5.74, 6) is 0.868. The van der Waals surface area contributed by atoms with Crippen LogP contribution < -0.4 is 5.32 Å². The van der Waals surface area contributed by atoms with Crippen LogP contribution in [0.3, 0.4) is 0 Å². The molecule has 106 valence electrons. The fraction of sp³-hybridized carbons (Fsp3) is 1.00. The third-order valence-electron chi connectivity index (χ3n) is 4.89. The quantitative estimate of drug-likeness (QED) is 0.808. The second-order valence-electron chi connectivity index (χ2n) is 7.41. The summed E-state index contributed by atoms with van der Waals surface area (Å²) in [6.07, 6.45) is 6.83. The minimum Gasteiger partial charge on any atom is -0.313 e. The van der Waals surface area contributed by atoms with Gasteiger partial charge in [0, 0.05) is 18.6 Å². The number of hydrogen-bond acceptors (Lipinski definition) is 2. The van der Waals surface area contributed by atoms with Gasteiger partial charge in [0.1, 0.15) is 0 Å². The minimum absolute atomic E-state index is 0.555. The Kier molecular flexibility index (Phi) is 4.71. The molecule has 3 atom stereocenters. The lowest BCUT2D eigenvalue weighted by molar-refractivity contribution is 0.148. The van der Waals surface area contributed by atoms with E-state index in [1.165, 1.54) is 51.7 Å². The highest BCUT2D eigenvalue weighted by atomic mass is 15.2. The van der Waals surface area contributed by atoms with Gasteiger partial charge >= 0.3 is 0 Å². The van der Waals surface area contributed by atoms with E-state index in [1.54, 1.807) is 0 Å². The van der Waals surface area contributed by atoms with E-state index in [2.05, 4.69) is 37.9 Å². The molecule has 1 aliphatic carbocycles. The minimum atomic E-state index is 0.555. The molecule has 0 aromatic carbocycles. The topological polar surface area (TPSA) is 15.3 Å². The Morgan fingerprint density at radius 1 is 1.28 bits per heavy atom. The Morgan fingerprint density at radius 2 is 2.06 bits per heavy atom. The molecule has 2 fully saturated rings. The van der Waals surface area contributed by atoms with Crippen molar-refractivity contribution in [2.24, 2.45) is 11.3 Å². The molecule has 0 spiro atoms. The van der Waals surface area contributed by atoms with Crippen LogP contribution in [0.1, 0.15) is 59.8 Å². The van der Waals surface area contributed by atoms with Gasteiger partial charge in [0.05, 0.1) is 0 Å². The molecule has 1 saturated carbocycles. The molecular weight excluding hydrogens is 220 g/mol. The van der Waals surface area contributed by atoms with Crippen LogP contribution in [0.5, 0.6) is 0 Å². The zero-order chi connectivity index (χ0) is 13.2. The van der Waals surface area contributed by atoms with E-state index >= 15 is 0 Å². The summed E-state index contributed by atoms with van der Waals surface area (Å²) in [4.78, 5) is 2.79. The van der Waals surface area contributed by atoms with Crippen molar-refractivity contribution in [3.8, 4) is 0 Å². The molecule has 18 heavy (non-hydrogen) atoms. The monoisotopic (exact) mass is 252 g/mol. The lowest BCUT2D eigenvalue weighted by Crippen LogP contribution is -2.45. The van der Waals surface area contributed by atoms with E-state index in [0.717, 1.165) is 18.0 Å². The first-order valence-corrected chi connectivity index (χ1v) is 7.99. The van der Waals surface area contributed by atoms with Crippen LogP contribution in [0.25, 0.3) is 0 Å². The van der Waals surface area contributed by atoms with Gasteiger partial charge in [-0.3, -0.25) is 4.90 Å². The maximum atomic E-state index is 3.66. The van der Waals surface area contributed by atoms with Gasteiger partial charge < -0.3 is 5.32 Å². The molecular formula is C16H32N2. The maximum Gasteiger partial charge on any atom is 0.0195 e. The van der Waals surface area contributed by atoms with Gasteiger partial charge in [-0.05, 0) is 56.5 Å². The van der Waals surface area contributed by atoms with Crippen LogP contribution in [-0.4, -0.2) is 36.6 Å². The lowest BCUT2D eigenvalue weighted by atomic mass is 9.91. The van der Waals surface area contributed by atoms with Crippen molar-refractivity contribution in [3.63, 3.8) is 0 Å². The zero-order valence-corrected chi connectivity index (χ0v) is 12.8. The molecule has 2 rings (SSSR count). The average Bonchev–Trinajstić information content (AvgIpc) is 2.85. The van der Waals surface area contributed by atoms with Crippen molar-refractivity contribution in [2.75, 3.05) is 19.6 Å². The molecule has 1 N–H and O–H groups in total. The van der Waals surface area contributed by atoms with Crippen molar-refractivity contribution in [1.29, 1.82) is 0 Å². The van der Waals surface area contributed by atoms with Crippen molar-refractivity contribution in [2.45, 2.75) is 71.9 Å². The molecule has 2 heteroatoms. The fourth-order valence-corrected chi connectivity index (χ4v) is 4.22. The Hall–Kier alpha value is -0.0800. The highest BCUT2D eigenvalue weighted by molar-refractivity contribution is 4.94. The third kappa shape index (κ3) is 3.48. The van der Waals surface area contributed by atoms with E-state index in [1.807, 2.05) is 0 Å². The Labute approximate surface area is 114 Å². The normalized spacial score (nSPS) is 35.5. The van der Waals surface area contributed by atoms with Crippen molar-refractivity contribution < 1.29 is 0 Å². The molecule has 0 amide bonds. The van der Waals surface area contributed by atoms with E-state index in [0.29, 0.717) is 5.41 Å². The molecule has 2 nitrogen and oxygen atoms in total. The van der Waals surface area contributed by atoms with Crippen LogP contribution >= 0.6 is 0 Å². The van der Waals surface area contributed by atoms with Crippen LogP contribution in [0, 0.1) is 11.3 Å². The first-order chi connectivity index (χ1) is 8.52. The molecule has 1 aliphatic heterocycles. The number of nitrogens with zero attached hydrogens (tertiary/aromatic N) is 1. The van der Waals surface area contributed by atoms with E-state index in [4.69, 9.17) is 0 Å². The average molecular weight is 252 g/mol. The molecule has 0 radical (unpaired) electrons. The molecule has 3 unspecified atom stereocenters. The lowest BCUT2D eigenvalue weighted by Gasteiger charge is -2.34. The van der Waals surface area contributed by atoms with Gasteiger partial charge in [-0.25, -0.2) is 0 Å². The third-order valence-corrected chi connectivity index (χ3v) is 4.89. The summed E-state index contributed by atoms with van der Waals surface area (Å²) >= 11 is 0. The number of hydrogen-bond donors (Lipinski definition) is 1. The second-order valence-corrected chi connectivity index (χ2v) is 7.41. The van der Waals surface area contributed by atoms with Gasteiger partial charge in [0.2, 0.25) is 0 Å². The van der Waals surface area contributed by atoms with E-state index in [9.17, 15) is 0 Å². The smallest absolute Gasteiger partial charge is 0.0195 e. The largest absolute Gasteiger partial charge is 0.313 e. The SMILES string of the molecule is CCCN(CC1CCCN1)C1CC(C)(C)CC1C. The van der Waals surface area contributed by atoms with Crippen molar-refractivity contribution >= 4 is 0 Å². The molecule has 1 heterocycles. The first kappa shape index (κ1) is 14.3. The zero-order valence-electron chi connectivity index (χ0n) is 12.8. The molecule has 1 saturated heterocycles. The van der Waals surface area contributed by atoms with Crippen LogP contribution in [0.2, 0.25) is 0 Å². The van der Waals surface area contributed by atoms with Gasteiger partial charge in [0.15, 0.2) is 0 Å². The maximum absolute atomic E-state index is 3.66. The Morgan fingerprint density at radius 3 is 2.56 bits per heavy atom. The standard InChI is InChI=1S/C16H32N2/c1-5-9-18(12-14-7-6-8-17-14)15-11-16(3,4)10-13(15)2/h13-15,17H,5-12H2,1-4H3. The van der Waals surface area contributed by atoms with E-state index < -0.39 is 0 Å². The van der Waals surface area contributed by atoms with Gasteiger partial charge in [-0.1, -0.05) is 27.7 Å². The molecule has 0 aromatic heterocycles. The fourth-order valence-electron chi connectivity index (χ4n) is 4.22. The highest BCUT2D eigenvalue weighted by Gasteiger charge is 2.39. The summed E-state index contributed by atoms with van der Waals surface area (Å²) in [5, 5.41) is 3.66. The molecule has 0 bridgehead atoms. The Balaban J connectivity index is 1.95. The van der Waals surface area contributed by atoms with Gasteiger partial charge in [-0.15, -0.1) is 0 Å². The van der Waals surface area contributed by atoms with Gasteiger partial charge in [-0.2, -0.15) is 0 Å². The summed E-state index contributed by atoms with van der Waals surface area (Å²) in [7, 11) is 0. The van der Waals surface area contributed by atoms with Crippen LogP contribution in [-0.2, 0) is 0 Å². The van der Waals surface area contributed by atoms with Crippen molar-refractivity contribution in [3.05, 3.63) is 0 Å². The molecule has 2 aliphatic rings. The summed E-state index contributed by atoms with van der Waals surface area (Å²) in [6.45, 7) is 13.5. The predicted octanol–water partition coefficient (Wildman–Crippen LogP) is 3.28. The summed E-state index contributed by atoms with van der Waals surface area (Å²) < 4.78 is 0. The van der Waals surface area contributed by atoms with Crippen LogP contribution in [0.4, 0.5) is 0 Å². The number of nitrogens with one attached hydrogen (secondary N) is 1. The summed E-state index contributed by atoms with van der Waals surface area (Å²) in [5.41, 5.74) is 0.555. The van der Waals surface area contributed by atoms with Crippen LogP contribution in [0.15, 0.2) is 0 Å².